The Morgan fingerprint density at radius 3 is 2.42 bits per heavy atom. The summed E-state index contributed by atoms with van der Waals surface area (Å²) in [6.07, 6.45) is 3.20. The maximum Gasteiger partial charge on any atom is 0.340 e. The molecular weight excluding hydrogens is 420 g/mol. The second-order valence-corrected chi connectivity index (χ2v) is 9.91. The second kappa shape index (κ2) is 9.19. The van der Waals surface area contributed by atoms with Gasteiger partial charge in [0.05, 0.1) is 31.5 Å². The Hall–Kier alpha value is -2.72. The molecule has 0 radical (unpaired) electrons. The summed E-state index contributed by atoms with van der Waals surface area (Å²) in [5, 5.41) is 11.0. The minimum Gasteiger partial charge on any atom is -0.465 e. The van der Waals surface area contributed by atoms with E-state index in [0.29, 0.717) is 34.6 Å². The molecule has 2 amide bonds. The maximum atomic E-state index is 13.0. The van der Waals surface area contributed by atoms with E-state index in [9.17, 15) is 14.4 Å². The highest BCUT2D eigenvalue weighted by Gasteiger charge is 2.40. The van der Waals surface area contributed by atoms with E-state index in [1.807, 2.05) is 6.92 Å². The third-order valence-electron chi connectivity index (χ3n) is 5.83. The molecule has 0 aromatic carbocycles. The number of nitrogens with zero attached hydrogens (tertiary/aromatic N) is 2. The van der Waals surface area contributed by atoms with E-state index in [1.165, 1.54) is 24.7 Å². The predicted molar refractivity (Wildman–Crippen MR) is 117 cm³/mol. The molecule has 3 heterocycles. The van der Waals surface area contributed by atoms with Crippen molar-refractivity contribution >= 4 is 40.6 Å². The molecule has 0 aliphatic carbocycles. The van der Waals surface area contributed by atoms with E-state index in [1.54, 1.807) is 11.4 Å². The van der Waals surface area contributed by atoms with Gasteiger partial charge in [-0.15, -0.1) is 11.3 Å². The molecule has 0 saturated carbocycles. The zero-order valence-electron chi connectivity index (χ0n) is 18.3. The molecular formula is C21H29N4O5S+. The van der Waals surface area contributed by atoms with Crippen LogP contribution in [0.3, 0.4) is 0 Å². The van der Waals surface area contributed by atoms with Crippen molar-refractivity contribution < 1.29 is 28.1 Å². The molecule has 2 aromatic rings. The number of aryl methyl sites for hydroxylation is 1. The summed E-state index contributed by atoms with van der Waals surface area (Å²) >= 11 is 1.37. The van der Waals surface area contributed by atoms with Gasteiger partial charge in [0, 0.05) is 29.2 Å². The summed E-state index contributed by atoms with van der Waals surface area (Å²) in [7, 11) is 1.31. The summed E-state index contributed by atoms with van der Waals surface area (Å²) in [4.78, 5) is 38.5. The molecule has 10 heteroatoms. The van der Waals surface area contributed by atoms with Crippen molar-refractivity contribution in [3.8, 4) is 0 Å². The molecule has 2 N–H and O–H groups in total. The molecule has 2 aromatic heterocycles. The lowest BCUT2D eigenvalue weighted by molar-refractivity contribution is -0.919. The number of aromatic nitrogens is 1. The van der Waals surface area contributed by atoms with Crippen molar-refractivity contribution in [2.75, 3.05) is 43.9 Å². The number of ether oxygens (including phenoxy) is 1. The number of piperidine rings is 1. The highest BCUT2D eigenvalue weighted by molar-refractivity contribution is 7.10. The minimum atomic E-state index is -0.491. The standard InChI is InChI=1S/C21H28N4O5S/c1-14-19(15(13-31-14)20(28)29-4)23-18(27)12-25(8-6-21(2,3)7-9-25)11-17(26)22-16-5-10-30-24-16/h5,10,13H,6-9,11-12H2,1-4H3,(H-,22,23,24,26,27)/p+1. The minimum absolute atomic E-state index is 0.137. The molecule has 168 valence electrons. The molecule has 0 bridgehead atoms. The Morgan fingerprint density at radius 2 is 1.84 bits per heavy atom. The lowest BCUT2D eigenvalue weighted by atomic mass is 9.81. The summed E-state index contributed by atoms with van der Waals surface area (Å²) in [5.74, 6) is -0.596. The highest BCUT2D eigenvalue weighted by atomic mass is 32.1. The van der Waals surface area contributed by atoms with Gasteiger partial charge in [0.15, 0.2) is 18.9 Å². The maximum absolute atomic E-state index is 13.0. The van der Waals surface area contributed by atoms with Gasteiger partial charge in [-0.05, 0) is 12.3 Å². The summed E-state index contributed by atoms with van der Waals surface area (Å²) in [5.41, 5.74) is 0.987. The fourth-order valence-corrected chi connectivity index (χ4v) is 4.59. The highest BCUT2D eigenvalue weighted by Crippen LogP contribution is 2.34. The molecule has 9 nitrogen and oxygen atoms in total. The largest absolute Gasteiger partial charge is 0.465 e. The molecule has 0 spiro atoms. The van der Waals surface area contributed by atoms with Crippen molar-refractivity contribution in [3.05, 3.63) is 28.2 Å². The first-order valence-electron chi connectivity index (χ1n) is 10.1. The van der Waals surface area contributed by atoms with Crippen LogP contribution in [0, 0.1) is 12.3 Å². The van der Waals surface area contributed by atoms with E-state index in [4.69, 9.17) is 9.26 Å². The first-order valence-corrected chi connectivity index (χ1v) is 11.0. The third kappa shape index (κ3) is 5.71. The number of carbonyl (C=O) groups is 3. The van der Waals surface area contributed by atoms with Gasteiger partial charge in [-0.25, -0.2) is 4.79 Å². The van der Waals surface area contributed by atoms with Gasteiger partial charge >= 0.3 is 5.97 Å². The molecule has 1 saturated heterocycles. The lowest BCUT2D eigenvalue weighted by Crippen LogP contribution is -2.60. The molecule has 0 unspecified atom stereocenters. The van der Waals surface area contributed by atoms with Crippen molar-refractivity contribution in [2.24, 2.45) is 5.41 Å². The summed E-state index contributed by atoms with van der Waals surface area (Å²) in [6.45, 7) is 7.95. The van der Waals surface area contributed by atoms with E-state index in [0.717, 1.165) is 17.7 Å². The number of methoxy groups -OCH3 is 1. The van der Waals surface area contributed by atoms with E-state index in [2.05, 4.69) is 29.6 Å². The number of anilines is 2. The van der Waals surface area contributed by atoms with Gasteiger partial charge in [0.1, 0.15) is 6.26 Å². The third-order valence-corrected chi connectivity index (χ3v) is 6.75. The number of hydrogen-bond acceptors (Lipinski definition) is 7. The zero-order chi connectivity index (χ0) is 22.6. The number of rotatable bonds is 7. The zero-order valence-corrected chi connectivity index (χ0v) is 19.1. The Balaban J connectivity index is 1.74. The van der Waals surface area contributed by atoms with Crippen molar-refractivity contribution in [1.82, 2.24) is 5.16 Å². The first-order chi connectivity index (χ1) is 14.6. The molecule has 1 aliphatic rings. The number of likely N-dealkylation sites (tertiary alicyclic amines) is 1. The number of quaternary nitrogens is 1. The predicted octanol–water partition coefficient (Wildman–Crippen LogP) is 3.05. The van der Waals surface area contributed by atoms with Crippen LogP contribution >= 0.6 is 11.3 Å². The molecule has 1 aliphatic heterocycles. The van der Waals surface area contributed by atoms with Gasteiger partial charge in [-0.3, -0.25) is 9.59 Å². The van der Waals surface area contributed by atoms with Crippen LogP contribution in [0.4, 0.5) is 11.5 Å². The van der Waals surface area contributed by atoms with Crippen molar-refractivity contribution in [2.45, 2.75) is 33.6 Å². The molecule has 1 fully saturated rings. The lowest BCUT2D eigenvalue weighted by Gasteiger charge is -2.45. The van der Waals surface area contributed by atoms with Gasteiger partial charge in [-0.2, -0.15) is 0 Å². The molecule has 0 atom stereocenters. The normalized spacial score (nSPS) is 17.0. The van der Waals surface area contributed by atoms with Crippen LogP contribution in [-0.2, 0) is 14.3 Å². The summed E-state index contributed by atoms with van der Waals surface area (Å²) in [6, 6.07) is 1.57. The number of hydrogen-bond donors (Lipinski definition) is 2. The SMILES string of the molecule is COC(=O)c1csc(C)c1NC(=O)C[N+]1(CC(=O)Nc2ccon2)CCC(C)(C)CC1. The quantitative estimate of drug-likeness (QED) is 0.497. The van der Waals surface area contributed by atoms with Crippen molar-refractivity contribution in [3.63, 3.8) is 0 Å². The molecule has 3 rings (SSSR count). The number of carbonyl (C=O) groups excluding carboxylic acids is 3. The van der Waals surface area contributed by atoms with Crippen LogP contribution in [0.2, 0.25) is 0 Å². The van der Waals surface area contributed by atoms with E-state index < -0.39 is 5.97 Å². The monoisotopic (exact) mass is 449 g/mol. The smallest absolute Gasteiger partial charge is 0.340 e. The van der Waals surface area contributed by atoms with Crippen LogP contribution in [0.25, 0.3) is 0 Å². The fourth-order valence-electron chi connectivity index (χ4n) is 3.81. The van der Waals surface area contributed by atoms with E-state index >= 15 is 0 Å². The number of nitrogens with one attached hydrogen (secondary N) is 2. The average molecular weight is 450 g/mol. The van der Waals surface area contributed by atoms with Crippen molar-refractivity contribution in [1.29, 1.82) is 0 Å². The van der Waals surface area contributed by atoms with Crippen LogP contribution < -0.4 is 10.6 Å². The van der Waals surface area contributed by atoms with Crippen LogP contribution in [0.1, 0.15) is 41.9 Å². The number of amides is 2. The van der Waals surface area contributed by atoms with Gasteiger partial charge in [0.2, 0.25) is 0 Å². The molecule has 31 heavy (non-hydrogen) atoms. The average Bonchev–Trinajstić information content (AvgIpc) is 3.34. The summed E-state index contributed by atoms with van der Waals surface area (Å²) < 4.78 is 9.92. The Bertz CT molecular complexity index is 941. The van der Waals surface area contributed by atoms with E-state index in [-0.39, 0.29) is 30.3 Å². The Morgan fingerprint density at radius 1 is 1.19 bits per heavy atom. The number of esters is 1. The second-order valence-electron chi connectivity index (χ2n) is 8.82. The van der Waals surface area contributed by atoms with Crippen LogP contribution in [0.5, 0.6) is 0 Å². The van der Waals surface area contributed by atoms with Crippen LogP contribution in [-0.4, -0.2) is 60.7 Å². The van der Waals surface area contributed by atoms with Crippen LogP contribution in [0.15, 0.2) is 22.2 Å². The Labute approximate surface area is 185 Å². The van der Waals surface area contributed by atoms with Gasteiger partial charge in [-0.1, -0.05) is 19.0 Å². The Kier molecular flexibility index (Phi) is 6.80. The number of thiophene rings is 1. The first kappa shape index (κ1) is 23.0. The van der Waals surface area contributed by atoms with Gasteiger partial charge in [0.25, 0.3) is 11.8 Å². The topological polar surface area (TPSA) is 111 Å². The fraction of sp³-hybridized carbons (Fsp3) is 0.524. The van der Waals surface area contributed by atoms with Gasteiger partial charge < -0.3 is 24.4 Å².